The first-order valence-electron chi connectivity index (χ1n) is 9.73. The van der Waals surface area contributed by atoms with Gasteiger partial charge in [-0.15, -0.1) is 0 Å². The number of carbonyl (C=O) groups is 1. The lowest BCUT2D eigenvalue weighted by molar-refractivity contribution is -0.139. The molecule has 0 fully saturated rings. The van der Waals surface area contributed by atoms with Gasteiger partial charge in [-0.05, 0) is 38.2 Å². The predicted molar refractivity (Wildman–Crippen MR) is 108 cm³/mol. The van der Waals surface area contributed by atoms with Crippen LogP contribution in [0.4, 0.5) is 0 Å². The van der Waals surface area contributed by atoms with Gasteiger partial charge in [-0.1, -0.05) is 57.0 Å². The van der Waals surface area contributed by atoms with Gasteiger partial charge in [0, 0.05) is 11.4 Å². The van der Waals surface area contributed by atoms with E-state index >= 15 is 0 Å². The molecule has 4 heteroatoms. The number of aryl methyl sites for hydroxylation is 1. The molecule has 1 aliphatic rings. The number of nitrogens with one attached hydrogen (secondary N) is 1. The van der Waals surface area contributed by atoms with Crippen LogP contribution in [0, 0.1) is 24.2 Å². The van der Waals surface area contributed by atoms with Gasteiger partial charge in [0.2, 0.25) is 0 Å². The van der Waals surface area contributed by atoms with Crippen LogP contribution in [0.1, 0.15) is 64.0 Å². The summed E-state index contributed by atoms with van der Waals surface area (Å²) in [6.45, 7) is 10.6. The van der Waals surface area contributed by atoms with Crippen LogP contribution < -0.4 is 5.32 Å². The highest BCUT2D eigenvalue weighted by atomic mass is 16.5. The maximum atomic E-state index is 12.9. The van der Waals surface area contributed by atoms with Crippen LogP contribution in [0.15, 0.2) is 46.8 Å². The number of allylic oxidation sites excluding steroid dienone is 3. The zero-order valence-electron chi connectivity index (χ0n) is 17.1. The summed E-state index contributed by atoms with van der Waals surface area (Å²) in [5.41, 5.74) is 4.92. The van der Waals surface area contributed by atoms with Crippen LogP contribution in [0.25, 0.3) is 0 Å². The SMILES string of the molecule is CCCCOC(=O)C1=C(C)NC(CC(C)C)=C(C#N)C1c1ccc(C)cc1. The number of hydrogen-bond donors (Lipinski definition) is 1. The number of rotatable bonds is 7. The van der Waals surface area contributed by atoms with Crippen molar-refractivity contribution in [1.82, 2.24) is 5.32 Å². The number of esters is 1. The molecule has 4 nitrogen and oxygen atoms in total. The summed E-state index contributed by atoms with van der Waals surface area (Å²) in [6, 6.07) is 10.4. The van der Waals surface area contributed by atoms with E-state index in [4.69, 9.17) is 4.74 Å². The van der Waals surface area contributed by atoms with E-state index in [9.17, 15) is 10.1 Å². The molecule has 0 spiro atoms. The van der Waals surface area contributed by atoms with Gasteiger partial charge < -0.3 is 10.1 Å². The van der Waals surface area contributed by atoms with Crippen molar-refractivity contribution in [3.63, 3.8) is 0 Å². The molecule has 0 aromatic heterocycles. The highest BCUT2D eigenvalue weighted by Gasteiger charge is 2.35. The molecule has 0 saturated carbocycles. The third kappa shape index (κ3) is 5.01. The van der Waals surface area contributed by atoms with Crippen molar-refractivity contribution in [3.05, 3.63) is 57.9 Å². The molecule has 2 rings (SSSR count). The Bertz CT molecular complexity index is 780. The van der Waals surface area contributed by atoms with Crippen LogP contribution in [-0.2, 0) is 9.53 Å². The van der Waals surface area contributed by atoms with Crippen molar-refractivity contribution >= 4 is 5.97 Å². The zero-order chi connectivity index (χ0) is 20.0. The lowest BCUT2D eigenvalue weighted by Crippen LogP contribution is -2.30. The molecule has 1 atom stereocenters. The second kappa shape index (κ2) is 9.41. The molecule has 0 amide bonds. The minimum absolute atomic E-state index is 0.338. The first-order chi connectivity index (χ1) is 12.9. The summed E-state index contributed by atoms with van der Waals surface area (Å²) in [4.78, 5) is 12.9. The fraction of sp³-hybridized carbons (Fsp3) is 0.478. The number of hydrogen-bond acceptors (Lipinski definition) is 4. The normalized spacial score (nSPS) is 17.0. The van der Waals surface area contributed by atoms with Gasteiger partial charge in [-0.25, -0.2) is 4.79 Å². The predicted octanol–water partition coefficient (Wildman–Crippen LogP) is 5.12. The maximum Gasteiger partial charge on any atom is 0.336 e. The number of ether oxygens (including phenoxy) is 1. The quantitative estimate of drug-likeness (QED) is 0.537. The Kier molecular flexibility index (Phi) is 7.24. The molecular formula is C23H30N2O2. The third-order valence-corrected chi connectivity index (χ3v) is 4.74. The Morgan fingerprint density at radius 3 is 2.48 bits per heavy atom. The summed E-state index contributed by atoms with van der Waals surface area (Å²) >= 11 is 0. The number of nitrogens with zero attached hydrogens (tertiary/aromatic N) is 1. The first-order valence-corrected chi connectivity index (χ1v) is 9.73. The Labute approximate surface area is 162 Å². The number of benzene rings is 1. The summed E-state index contributed by atoms with van der Waals surface area (Å²) in [6.07, 6.45) is 2.56. The average molecular weight is 367 g/mol. The summed E-state index contributed by atoms with van der Waals surface area (Å²) in [7, 11) is 0. The molecule has 0 radical (unpaired) electrons. The van der Waals surface area contributed by atoms with Gasteiger partial charge in [0.05, 0.1) is 29.7 Å². The van der Waals surface area contributed by atoms with E-state index in [0.717, 1.165) is 41.8 Å². The molecule has 1 unspecified atom stereocenters. The van der Waals surface area contributed by atoms with Crippen molar-refractivity contribution in [2.45, 2.75) is 59.8 Å². The van der Waals surface area contributed by atoms with E-state index in [1.165, 1.54) is 0 Å². The number of dihydropyridines is 1. The highest BCUT2D eigenvalue weighted by Crippen LogP contribution is 2.39. The Balaban J connectivity index is 2.51. The molecule has 1 aromatic rings. The Morgan fingerprint density at radius 1 is 1.26 bits per heavy atom. The third-order valence-electron chi connectivity index (χ3n) is 4.74. The number of unbranched alkanes of at least 4 members (excludes halogenated alkanes) is 1. The summed E-state index contributed by atoms with van der Waals surface area (Å²) in [5.74, 6) is -0.324. The first kappa shape index (κ1) is 20.8. The molecule has 1 N–H and O–H groups in total. The lowest BCUT2D eigenvalue weighted by Gasteiger charge is -2.30. The van der Waals surface area contributed by atoms with E-state index < -0.39 is 0 Å². The van der Waals surface area contributed by atoms with Crippen LogP contribution in [0.5, 0.6) is 0 Å². The lowest BCUT2D eigenvalue weighted by atomic mass is 9.79. The smallest absolute Gasteiger partial charge is 0.336 e. The fourth-order valence-electron chi connectivity index (χ4n) is 3.35. The minimum Gasteiger partial charge on any atom is -0.462 e. The van der Waals surface area contributed by atoms with Gasteiger partial charge >= 0.3 is 5.97 Å². The topological polar surface area (TPSA) is 62.1 Å². The number of carbonyl (C=O) groups excluding carboxylic acids is 1. The molecule has 0 saturated heterocycles. The van der Waals surface area contributed by atoms with E-state index in [-0.39, 0.29) is 11.9 Å². The molecular weight excluding hydrogens is 336 g/mol. The standard InChI is InChI=1S/C23H30N2O2/c1-6-7-12-27-23(26)21-17(5)25-20(13-15(2)3)19(14-24)22(21)18-10-8-16(4)9-11-18/h8-11,15,22,25H,6-7,12-13H2,1-5H3. The fourth-order valence-corrected chi connectivity index (χ4v) is 3.35. The second-order valence-corrected chi connectivity index (χ2v) is 7.60. The molecule has 27 heavy (non-hydrogen) atoms. The molecule has 1 aromatic carbocycles. The van der Waals surface area contributed by atoms with E-state index in [1.54, 1.807) is 0 Å². The largest absolute Gasteiger partial charge is 0.462 e. The van der Waals surface area contributed by atoms with Crippen molar-refractivity contribution in [2.24, 2.45) is 5.92 Å². The molecule has 0 bridgehead atoms. The summed E-state index contributed by atoms with van der Waals surface area (Å²) < 4.78 is 5.51. The van der Waals surface area contributed by atoms with Gasteiger partial charge in [-0.3, -0.25) is 0 Å². The van der Waals surface area contributed by atoms with Crippen LogP contribution >= 0.6 is 0 Å². The van der Waals surface area contributed by atoms with Crippen molar-refractivity contribution in [2.75, 3.05) is 6.61 Å². The van der Waals surface area contributed by atoms with Crippen molar-refractivity contribution in [3.8, 4) is 6.07 Å². The Hall–Kier alpha value is -2.54. The van der Waals surface area contributed by atoms with Gasteiger partial charge in [0.15, 0.2) is 0 Å². The number of nitriles is 1. The zero-order valence-corrected chi connectivity index (χ0v) is 17.1. The van der Waals surface area contributed by atoms with Crippen LogP contribution in [0.2, 0.25) is 0 Å². The van der Waals surface area contributed by atoms with Gasteiger partial charge in [0.25, 0.3) is 0 Å². The molecule has 1 heterocycles. The van der Waals surface area contributed by atoms with Gasteiger partial charge in [0.1, 0.15) is 0 Å². The van der Waals surface area contributed by atoms with Crippen LogP contribution in [-0.4, -0.2) is 12.6 Å². The monoisotopic (exact) mass is 366 g/mol. The Morgan fingerprint density at radius 2 is 1.93 bits per heavy atom. The van der Waals surface area contributed by atoms with Crippen LogP contribution in [0.3, 0.4) is 0 Å². The molecule has 0 aliphatic carbocycles. The second-order valence-electron chi connectivity index (χ2n) is 7.60. The summed E-state index contributed by atoms with van der Waals surface area (Å²) in [5, 5.41) is 13.3. The van der Waals surface area contributed by atoms with Crippen molar-refractivity contribution in [1.29, 1.82) is 5.26 Å². The van der Waals surface area contributed by atoms with E-state index in [2.05, 4.69) is 32.2 Å². The highest BCUT2D eigenvalue weighted by molar-refractivity contribution is 5.93. The van der Waals surface area contributed by atoms with Gasteiger partial charge in [-0.2, -0.15) is 5.26 Å². The van der Waals surface area contributed by atoms with E-state index in [1.807, 2.05) is 38.1 Å². The minimum atomic E-state index is -0.389. The van der Waals surface area contributed by atoms with Crippen molar-refractivity contribution < 1.29 is 9.53 Å². The average Bonchev–Trinajstić information content (AvgIpc) is 2.61. The van der Waals surface area contributed by atoms with E-state index in [0.29, 0.717) is 23.7 Å². The molecule has 144 valence electrons. The molecule has 1 aliphatic heterocycles. The maximum absolute atomic E-state index is 12.9.